The summed E-state index contributed by atoms with van der Waals surface area (Å²) in [5, 5.41) is 12.1. The van der Waals surface area contributed by atoms with Crippen molar-refractivity contribution in [3.63, 3.8) is 0 Å². The number of para-hydroxylation sites is 2. The molecule has 0 fully saturated rings. The summed E-state index contributed by atoms with van der Waals surface area (Å²) in [6.45, 7) is 6.39. The first-order valence-corrected chi connectivity index (χ1v) is 7.77. The highest BCUT2D eigenvalue weighted by atomic mass is 16.5. The number of ether oxygens (including phenoxy) is 1. The Morgan fingerprint density at radius 1 is 1.21 bits per heavy atom. The monoisotopic (exact) mass is 320 g/mol. The topological polar surface area (TPSA) is 62.1 Å². The van der Waals surface area contributed by atoms with Crippen LogP contribution in [0.15, 0.2) is 48.0 Å². The van der Waals surface area contributed by atoms with Crippen molar-refractivity contribution in [2.24, 2.45) is 0 Å². The summed E-state index contributed by atoms with van der Waals surface area (Å²) in [6, 6.07) is 14.9. The standard InChI is InChI=1S/C20H20N2O2/c1-4-24-19-8-6-5-7-18(19)22-20(23)17(13-21)12-16-10-9-14(2)15(3)11-16/h5-12H,4H2,1-3H3,(H,22,23)/b17-12+. The minimum atomic E-state index is -0.456. The lowest BCUT2D eigenvalue weighted by atomic mass is 10.0. The Balaban J connectivity index is 2.25. The summed E-state index contributed by atoms with van der Waals surface area (Å²) in [7, 11) is 0. The van der Waals surface area contributed by atoms with Crippen molar-refractivity contribution < 1.29 is 9.53 Å². The van der Waals surface area contributed by atoms with Gasteiger partial charge >= 0.3 is 0 Å². The molecule has 4 nitrogen and oxygen atoms in total. The summed E-state index contributed by atoms with van der Waals surface area (Å²) in [6.07, 6.45) is 1.59. The maximum atomic E-state index is 12.4. The van der Waals surface area contributed by atoms with E-state index in [9.17, 15) is 10.1 Å². The molecule has 0 radical (unpaired) electrons. The number of rotatable bonds is 5. The van der Waals surface area contributed by atoms with Crippen molar-refractivity contribution in [3.8, 4) is 11.8 Å². The van der Waals surface area contributed by atoms with Crippen LogP contribution in [0.4, 0.5) is 5.69 Å². The number of nitrogens with one attached hydrogen (secondary N) is 1. The number of carbonyl (C=O) groups excluding carboxylic acids is 1. The molecule has 0 aromatic heterocycles. The molecule has 0 aliphatic rings. The van der Waals surface area contributed by atoms with Crippen molar-refractivity contribution in [3.05, 3.63) is 64.7 Å². The van der Waals surface area contributed by atoms with Gasteiger partial charge in [-0.2, -0.15) is 5.26 Å². The summed E-state index contributed by atoms with van der Waals surface area (Å²) < 4.78 is 5.48. The molecule has 122 valence electrons. The van der Waals surface area contributed by atoms with E-state index in [4.69, 9.17) is 4.74 Å². The zero-order chi connectivity index (χ0) is 17.5. The Hall–Kier alpha value is -3.06. The van der Waals surface area contributed by atoms with Crippen LogP contribution < -0.4 is 10.1 Å². The molecular weight excluding hydrogens is 300 g/mol. The second kappa shape index (κ2) is 7.98. The lowest BCUT2D eigenvalue weighted by molar-refractivity contribution is -0.112. The van der Waals surface area contributed by atoms with Crippen molar-refractivity contribution in [2.45, 2.75) is 20.8 Å². The van der Waals surface area contributed by atoms with E-state index in [2.05, 4.69) is 5.32 Å². The van der Waals surface area contributed by atoms with E-state index in [1.807, 2.05) is 51.1 Å². The van der Waals surface area contributed by atoms with Gasteiger partial charge in [-0.3, -0.25) is 4.79 Å². The van der Waals surface area contributed by atoms with E-state index in [0.29, 0.717) is 18.0 Å². The van der Waals surface area contributed by atoms with Crippen LogP contribution in [0.25, 0.3) is 6.08 Å². The first kappa shape index (κ1) is 17.3. The van der Waals surface area contributed by atoms with Crippen molar-refractivity contribution >= 4 is 17.7 Å². The maximum absolute atomic E-state index is 12.4. The molecule has 0 atom stereocenters. The normalized spacial score (nSPS) is 10.8. The average Bonchev–Trinajstić information content (AvgIpc) is 2.57. The third-order valence-corrected chi connectivity index (χ3v) is 3.64. The van der Waals surface area contributed by atoms with E-state index in [0.717, 1.165) is 11.1 Å². The maximum Gasteiger partial charge on any atom is 0.266 e. The van der Waals surface area contributed by atoms with Crippen molar-refractivity contribution in [1.82, 2.24) is 0 Å². The van der Waals surface area contributed by atoms with Crippen molar-refractivity contribution in [2.75, 3.05) is 11.9 Å². The summed E-state index contributed by atoms with van der Waals surface area (Å²) in [5.74, 6) is 0.125. The predicted molar refractivity (Wildman–Crippen MR) is 95.7 cm³/mol. The van der Waals surface area contributed by atoms with Crippen LogP contribution in [0.2, 0.25) is 0 Å². The van der Waals surface area contributed by atoms with Crippen LogP contribution in [-0.4, -0.2) is 12.5 Å². The number of hydrogen-bond acceptors (Lipinski definition) is 3. The van der Waals surface area contributed by atoms with Crippen molar-refractivity contribution in [1.29, 1.82) is 5.26 Å². The number of hydrogen-bond donors (Lipinski definition) is 1. The van der Waals surface area contributed by atoms with Gasteiger partial charge in [0.05, 0.1) is 12.3 Å². The Bertz CT molecular complexity index is 817. The van der Waals surface area contributed by atoms with Gasteiger partial charge in [-0.05, 0) is 55.7 Å². The molecule has 4 heteroatoms. The lowest BCUT2D eigenvalue weighted by Crippen LogP contribution is -2.14. The summed E-state index contributed by atoms with van der Waals surface area (Å²) in [5.41, 5.74) is 3.70. The first-order valence-electron chi connectivity index (χ1n) is 7.77. The number of anilines is 1. The van der Waals surface area contributed by atoms with Gasteiger partial charge in [0.25, 0.3) is 5.91 Å². The fourth-order valence-corrected chi connectivity index (χ4v) is 2.21. The van der Waals surface area contributed by atoms with Gasteiger partial charge < -0.3 is 10.1 Å². The van der Waals surface area contributed by atoms with Crippen LogP contribution in [0.1, 0.15) is 23.6 Å². The molecule has 1 amide bonds. The highest BCUT2D eigenvalue weighted by Gasteiger charge is 2.12. The van der Waals surface area contributed by atoms with Gasteiger partial charge in [-0.1, -0.05) is 30.3 Å². The smallest absolute Gasteiger partial charge is 0.266 e. The predicted octanol–water partition coefficient (Wildman–Crippen LogP) is 4.25. The van der Waals surface area contributed by atoms with Crippen LogP contribution >= 0.6 is 0 Å². The number of carbonyl (C=O) groups is 1. The minimum absolute atomic E-state index is 0.0459. The van der Waals surface area contributed by atoms with Gasteiger partial charge in [-0.25, -0.2) is 0 Å². The van der Waals surface area contributed by atoms with Gasteiger partial charge in [0, 0.05) is 0 Å². The molecule has 0 heterocycles. The Kier molecular flexibility index (Phi) is 5.75. The van der Waals surface area contributed by atoms with E-state index in [1.54, 1.807) is 24.3 Å². The Morgan fingerprint density at radius 2 is 1.96 bits per heavy atom. The molecule has 2 aromatic rings. The van der Waals surface area contributed by atoms with Crippen LogP contribution in [0.5, 0.6) is 5.75 Å². The highest BCUT2D eigenvalue weighted by Crippen LogP contribution is 2.24. The van der Waals surface area contributed by atoms with Crippen LogP contribution in [0, 0.1) is 25.2 Å². The number of nitriles is 1. The minimum Gasteiger partial charge on any atom is -0.492 e. The third-order valence-electron chi connectivity index (χ3n) is 3.64. The van der Waals surface area contributed by atoms with E-state index in [1.165, 1.54) is 5.56 Å². The number of nitrogens with zero attached hydrogens (tertiary/aromatic N) is 1. The average molecular weight is 320 g/mol. The SMILES string of the molecule is CCOc1ccccc1NC(=O)/C(C#N)=C/c1ccc(C)c(C)c1. The zero-order valence-corrected chi connectivity index (χ0v) is 14.1. The second-order valence-electron chi connectivity index (χ2n) is 5.40. The van der Waals surface area contributed by atoms with Gasteiger partial charge in [-0.15, -0.1) is 0 Å². The van der Waals surface area contributed by atoms with Gasteiger partial charge in [0.2, 0.25) is 0 Å². The molecule has 2 rings (SSSR count). The molecular formula is C20H20N2O2. The van der Waals surface area contributed by atoms with Crippen LogP contribution in [0.3, 0.4) is 0 Å². The summed E-state index contributed by atoms with van der Waals surface area (Å²) >= 11 is 0. The number of aryl methyl sites for hydroxylation is 2. The fraction of sp³-hybridized carbons (Fsp3) is 0.200. The molecule has 0 spiro atoms. The Labute approximate surface area is 142 Å². The quantitative estimate of drug-likeness (QED) is 0.662. The molecule has 24 heavy (non-hydrogen) atoms. The molecule has 0 saturated carbocycles. The second-order valence-corrected chi connectivity index (χ2v) is 5.40. The van der Waals surface area contributed by atoms with Gasteiger partial charge in [0.1, 0.15) is 17.4 Å². The fourth-order valence-electron chi connectivity index (χ4n) is 2.21. The first-order chi connectivity index (χ1) is 11.5. The summed E-state index contributed by atoms with van der Waals surface area (Å²) in [4.78, 5) is 12.4. The molecule has 1 N–H and O–H groups in total. The van der Waals surface area contributed by atoms with E-state index < -0.39 is 5.91 Å². The highest BCUT2D eigenvalue weighted by molar-refractivity contribution is 6.10. The molecule has 0 aliphatic carbocycles. The largest absolute Gasteiger partial charge is 0.492 e. The molecule has 0 bridgehead atoms. The Morgan fingerprint density at radius 3 is 2.62 bits per heavy atom. The van der Waals surface area contributed by atoms with Crippen LogP contribution in [-0.2, 0) is 4.79 Å². The van der Waals surface area contributed by atoms with Gasteiger partial charge in [0.15, 0.2) is 0 Å². The van der Waals surface area contributed by atoms with E-state index >= 15 is 0 Å². The number of benzene rings is 2. The third kappa shape index (κ3) is 4.23. The van der Waals surface area contributed by atoms with E-state index in [-0.39, 0.29) is 5.57 Å². The molecule has 0 unspecified atom stereocenters. The molecule has 0 saturated heterocycles. The zero-order valence-electron chi connectivity index (χ0n) is 14.1. The molecule has 2 aromatic carbocycles. The lowest BCUT2D eigenvalue weighted by Gasteiger charge is -2.10. The molecule has 0 aliphatic heterocycles. The number of amides is 1.